The van der Waals surface area contributed by atoms with Gasteiger partial charge >= 0.3 is 0 Å². The largest absolute Gasteiger partial charge is 0.390 e. The van der Waals surface area contributed by atoms with Crippen LogP contribution >= 0.6 is 11.8 Å². The van der Waals surface area contributed by atoms with Crippen molar-refractivity contribution in [2.45, 2.75) is 17.7 Å². The van der Waals surface area contributed by atoms with E-state index in [1.54, 1.807) is 12.4 Å². The standard InChI is InChI=1S/C14H17N3O2S/c15-13-14(17-7-6-16-13)20-10-12(18)9-19-8-11-4-2-1-3-5-11/h1-7,12,18H,8-10H2,(H2,15,16). The van der Waals surface area contributed by atoms with Crippen molar-refractivity contribution in [2.75, 3.05) is 18.1 Å². The van der Waals surface area contributed by atoms with Crippen molar-refractivity contribution >= 4 is 17.6 Å². The van der Waals surface area contributed by atoms with Gasteiger partial charge in [0.15, 0.2) is 5.82 Å². The third-order valence-corrected chi connectivity index (χ3v) is 3.66. The summed E-state index contributed by atoms with van der Waals surface area (Å²) in [5.41, 5.74) is 6.76. The fraction of sp³-hybridized carbons (Fsp3) is 0.286. The molecule has 1 aromatic heterocycles. The zero-order chi connectivity index (χ0) is 14.2. The Morgan fingerprint density at radius 3 is 2.70 bits per heavy atom. The van der Waals surface area contributed by atoms with Crippen molar-refractivity contribution in [1.82, 2.24) is 9.97 Å². The van der Waals surface area contributed by atoms with Gasteiger partial charge in [-0.05, 0) is 5.56 Å². The zero-order valence-corrected chi connectivity index (χ0v) is 11.8. The summed E-state index contributed by atoms with van der Waals surface area (Å²) in [6.07, 6.45) is 2.56. The molecule has 3 N–H and O–H groups in total. The van der Waals surface area contributed by atoms with Gasteiger partial charge in [0, 0.05) is 18.1 Å². The van der Waals surface area contributed by atoms with E-state index in [0.717, 1.165) is 5.56 Å². The molecule has 0 saturated heterocycles. The zero-order valence-electron chi connectivity index (χ0n) is 11.0. The summed E-state index contributed by atoms with van der Waals surface area (Å²) in [7, 11) is 0. The van der Waals surface area contributed by atoms with Crippen LogP contribution in [0.5, 0.6) is 0 Å². The van der Waals surface area contributed by atoms with Gasteiger partial charge in [-0.25, -0.2) is 9.97 Å². The van der Waals surface area contributed by atoms with Crippen molar-refractivity contribution < 1.29 is 9.84 Å². The van der Waals surface area contributed by atoms with Crippen LogP contribution in [0.1, 0.15) is 5.56 Å². The number of hydrogen-bond acceptors (Lipinski definition) is 6. The molecule has 1 unspecified atom stereocenters. The van der Waals surface area contributed by atoms with Crippen LogP contribution in [0.25, 0.3) is 0 Å². The second kappa shape index (κ2) is 7.84. The molecule has 2 aromatic rings. The van der Waals surface area contributed by atoms with Crippen molar-refractivity contribution in [2.24, 2.45) is 0 Å². The van der Waals surface area contributed by atoms with E-state index in [4.69, 9.17) is 10.5 Å². The number of hydrogen-bond donors (Lipinski definition) is 2. The molecule has 2 rings (SSSR count). The van der Waals surface area contributed by atoms with E-state index in [1.807, 2.05) is 30.3 Å². The number of nitrogens with two attached hydrogens (primary N) is 1. The molecule has 6 heteroatoms. The quantitative estimate of drug-likeness (QED) is 0.756. The third kappa shape index (κ3) is 4.80. The van der Waals surface area contributed by atoms with Crippen LogP contribution in [0.4, 0.5) is 5.82 Å². The number of rotatable bonds is 7. The highest BCUT2D eigenvalue weighted by molar-refractivity contribution is 7.99. The van der Waals surface area contributed by atoms with Crippen LogP contribution in [-0.2, 0) is 11.3 Å². The Hall–Kier alpha value is -1.63. The number of nitrogen functional groups attached to an aromatic ring is 1. The first-order valence-electron chi connectivity index (χ1n) is 6.24. The lowest BCUT2D eigenvalue weighted by atomic mass is 10.2. The molecule has 1 heterocycles. The summed E-state index contributed by atoms with van der Waals surface area (Å²) in [4.78, 5) is 8.04. The first kappa shape index (κ1) is 14.8. The second-order valence-corrected chi connectivity index (χ2v) is 5.22. The van der Waals surface area contributed by atoms with Gasteiger partial charge in [-0.15, -0.1) is 0 Å². The lowest BCUT2D eigenvalue weighted by Crippen LogP contribution is -2.18. The fourth-order valence-electron chi connectivity index (χ4n) is 1.56. The number of nitrogens with zero attached hydrogens (tertiary/aromatic N) is 2. The number of aromatic nitrogens is 2. The first-order valence-corrected chi connectivity index (χ1v) is 7.23. The second-order valence-electron chi connectivity index (χ2n) is 4.21. The molecule has 1 aromatic carbocycles. The van der Waals surface area contributed by atoms with Crippen LogP contribution in [0.3, 0.4) is 0 Å². The van der Waals surface area contributed by atoms with E-state index in [-0.39, 0.29) is 6.61 Å². The van der Waals surface area contributed by atoms with E-state index in [1.165, 1.54) is 11.8 Å². The molecule has 5 nitrogen and oxygen atoms in total. The third-order valence-electron chi connectivity index (χ3n) is 2.53. The molecule has 0 saturated carbocycles. The molecule has 0 aliphatic heterocycles. The summed E-state index contributed by atoms with van der Waals surface area (Å²) in [6, 6.07) is 9.85. The summed E-state index contributed by atoms with van der Waals surface area (Å²) in [5.74, 6) is 0.854. The van der Waals surface area contributed by atoms with Crippen LogP contribution in [0.15, 0.2) is 47.8 Å². The first-order chi connectivity index (χ1) is 9.75. The van der Waals surface area contributed by atoms with Crippen LogP contribution < -0.4 is 5.73 Å². The van der Waals surface area contributed by atoms with Gasteiger partial charge in [0.05, 0.1) is 19.3 Å². The molecule has 0 bridgehead atoms. The normalized spacial score (nSPS) is 12.2. The lowest BCUT2D eigenvalue weighted by Gasteiger charge is -2.11. The summed E-state index contributed by atoms with van der Waals surface area (Å²) in [5, 5.41) is 10.5. The van der Waals surface area contributed by atoms with Crippen LogP contribution in [0.2, 0.25) is 0 Å². The number of ether oxygens (including phenoxy) is 1. The summed E-state index contributed by atoms with van der Waals surface area (Å²) >= 11 is 1.37. The van der Waals surface area contributed by atoms with Gasteiger partial charge in [-0.3, -0.25) is 0 Å². The minimum Gasteiger partial charge on any atom is -0.390 e. The van der Waals surface area contributed by atoms with Gasteiger partial charge in [-0.2, -0.15) is 0 Å². The highest BCUT2D eigenvalue weighted by Gasteiger charge is 2.08. The summed E-state index contributed by atoms with van der Waals surface area (Å²) in [6.45, 7) is 0.776. The molecule has 0 aliphatic rings. The van der Waals surface area contributed by atoms with E-state index in [9.17, 15) is 5.11 Å². The Morgan fingerprint density at radius 2 is 1.95 bits per heavy atom. The molecule has 1 atom stereocenters. The topological polar surface area (TPSA) is 81.3 Å². The Bertz CT molecular complexity index is 525. The Labute approximate surface area is 122 Å². The molecule has 0 radical (unpaired) electrons. The highest BCUT2D eigenvalue weighted by atomic mass is 32.2. The van der Waals surface area contributed by atoms with Crippen molar-refractivity contribution in [3.8, 4) is 0 Å². The van der Waals surface area contributed by atoms with Gasteiger partial charge in [-0.1, -0.05) is 42.1 Å². The van der Waals surface area contributed by atoms with Gasteiger partial charge in [0.1, 0.15) is 5.03 Å². The minimum atomic E-state index is -0.565. The maximum atomic E-state index is 9.84. The van der Waals surface area contributed by atoms with Crippen molar-refractivity contribution in [3.63, 3.8) is 0 Å². The maximum absolute atomic E-state index is 9.84. The number of anilines is 1. The van der Waals surface area contributed by atoms with Gasteiger partial charge < -0.3 is 15.6 Å². The van der Waals surface area contributed by atoms with E-state index < -0.39 is 6.10 Å². The molecule has 106 valence electrons. The van der Waals surface area contributed by atoms with Gasteiger partial charge in [0.2, 0.25) is 0 Å². The fourth-order valence-corrected chi connectivity index (χ4v) is 2.34. The molecule has 0 amide bonds. The summed E-state index contributed by atoms with van der Waals surface area (Å²) < 4.78 is 5.47. The van der Waals surface area contributed by atoms with Crippen molar-refractivity contribution in [1.29, 1.82) is 0 Å². The lowest BCUT2D eigenvalue weighted by molar-refractivity contribution is 0.0398. The van der Waals surface area contributed by atoms with Crippen LogP contribution in [0, 0.1) is 0 Å². The monoisotopic (exact) mass is 291 g/mol. The Kier molecular flexibility index (Phi) is 5.79. The predicted molar refractivity (Wildman–Crippen MR) is 79.3 cm³/mol. The maximum Gasteiger partial charge on any atom is 0.156 e. The number of benzene rings is 1. The smallest absolute Gasteiger partial charge is 0.156 e. The predicted octanol–water partition coefficient (Wildman–Crippen LogP) is 1.73. The Morgan fingerprint density at radius 1 is 1.20 bits per heavy atom. The Balaban J connectivity index is 1.68. The average Bonchev–Trinajstić information content (AvgIpc) is 2.47. The minimum absolute atomic E-state index is 0.280. The van der Waals surface area contributed by atoms with Crippen molar-refractivity contribution in [3.05, 3.63) is 48.3 Å². The van der Waals surface area contributed by atoms with Gasteiger partial charge in [0.25, 0.3) is 0 Å². The van der Waals surface area contributed by atoms with E-state index >= 15 is 0 Å². The number of aliphatic hydroxyl groups is 1. The SMILES string of the molecule is Nc1nccnc1SCC(O)COCc1ccccc1. The molecule has 0 aliphatic carbocycles. The number of thioether (sulfide) groups is 1. The van der Waals surface area contributed by atoms with E-state index in [2.05, 4.69) is 9.97 Å². The average molecular weight is 291 g/mol. The highest BCUT2D eigenvalue weighted by Crippen LogP contribution is 2.20. The molecular formula is C14H17N3O2S. The molecule has 20 heavy (non-hydrogen) atoms. The molecule has 0 spiro atoms. The molecular weight excluding hydrogens is 274 g/mol. The number of aliphatic hydroxyl groups excluding tert-OH is 1. The van der Waals surface area contributed by atoms with Crippen LogP contribution in [-0.4, -0.2) is 33.5 Å². The van der Waals surface area contributed by atoms with E-state index in [0.29, 0.717) is 23.2 Å². The molecule has 0 fully saturated rings.